The Bertz CT molecular complexity index is 970. The van der Waals surface area contributed by atoms with E-state index < -0.39 is 22.5 Å². The van der Waals surface area contributed by atoms with E-state index in [4.69, 9.17) is 0 Å². The highest BCUT2D eigenvalue weighted by Crippen LogP contribution is 2.43. The molecule has 126 valence electrons. The summed E-state index contributed by atoms with van der Waals surface area (Å²) in [6, 6.07) is 11.3. The van der Waals surface area contributed by atoms with Crippen LogP contribution in [0.5, 0.6) is 0 Å². The van der Waals surface area contributed by atoms with Gasteiger partial charge in [0.25, 0.3) is 0 Å². The van der Waals surface area contributed by atoms with E-state index in [0.29, 0.717) is 12.0 Å². The molecule has 0 radical (unpaired) electrons. The lowest BCUT2D eigenvalue weighted by atomic mass is 9.95. The highest BCUT2D eigenvalue weighted by Gasteiger charge is 2.30. The molecule has 1 aliphatic rings. The van der Waals surface area contributed by atoms with Gasteiger partial charge in [-0.05, 0) is 23.3 Å². The van der Waals surface area contributed by atoms with Gasteiger partial charge >= 0.3 is 5.69 Å². The number of nitro benzene ring substituents is 1. The Morgan fingerprint density at radius 3 is 2.88 bits per heavy atom. The molecule has 2 heterocycles. The molecule has 2 unspecified atom stereocenters. The Morgan fingerprint density at radius 2 is 2.12 bits per heavy atom. The summed E-state index contributed by atoms with van der Waals surface area (Å²) in [5.74, 6) is -0.948. The molecule has 1 N–H and O–H groups in total. The molecule has 25 heavy (non-hydrogen) atoms. The fraction of sp³-hybridized carbons (Fsp3) is 0.167. The number of hydrogen-bond acceptors (Lipinski definition) is 4. The largest absolute Gasteiger partial charge is 0.388 e. The zero-order chi connectivity index (χ0) is 17.6. The maximum atomic E-state index is 13.8. The number of aliphatic hydroxyl groups is 1. The molecule has 1 aromatic heterocycles. The third-order valence-corrected chi connectivity index (χ3v) is 4.60. The number of nitro groups is 1. The summed E-state index contributed by atoms with van der Waals surface area (Å²) >= 11 is 0. The summed E-state index contributed by atoms with van der Waals surface area (Å²) in [7, 11) is 0. The van der Waals surface area contributed by atoms with Crippen LogP contribution in [0, 0.1) is 15.9 Å². The highest BCUT2D eigenvalue weighted by atomic mass is 19.1. The summed E-state index contributed by atoms with van der Waals surface area (Å²) in [5, 5.41) is 21.3. The normalized spacial score (nSPS) is 16.3. The highest BCUT2D eigenvalue weighted by molar-refractivity contribution is 5.68. The molecule has 0 saturated carbocycles. The van der Waals surface area contributed by atoms with Crippen LogP contribution in [0.15, 0.2) is 55.0 Å². The van der Waals surface area contributed by atoms with Gasteiger partial charge < -0.3 is 9.67 Å². The third-order valence-electron chi connectivity index (χ3n) is 4.60. The van der Waals surface area contributed by atoms with Crippen molar-refractivity contribution in [1.82, 2.24) is 9.55 Å². The molecular formula is C18H14FN3O3. The van der Waals surface area contributed by atoms with Crippen LogP contribution in [0.2, 0.25) is 0 Å². The van der Waals surface area contributed by atoms with Gasteiger partial charge in [-0.25, -0.2) is 4.98 Å². The van der Waals surface area contributed by atoms with Crippen LogP contribution in [0.3, 0.4) is 0 Å². The Morgan fingerprint density at radius 1 is 1.32 bits per heavy atom. The minimum Gasteiger partial charge on any atom is -0.388 e. The number of hydrogen-bond donors (Lipinski definition) is 1. The van der Waals surface area contributed by atoms with Crippen LogP contribution in [0.4, 0.5) is 10.1 Å². The van der Waals surface area contributed by atoms with Crippen LogP contribution in [-0.4, -0.2) is 19.6 Å². The van der Waals surface area contributed by atoms with E-state index >= 15 is 0 Å². The third kappa shape index (κ3) is 2.49. The van der Waals surface area contributed by atoms with Crippen LogP contribution in [-0.2, 0) is 0 Å². The van der Waals surface area contributed by atoms with Gasteiger partial charge in [-0.2, -0.15) is 4.39 Å². The number of fused-ring (bicyclic) bond motifs is 3. The maximum absolute atomic E-state index is 13.8. The number of aliphatic hydroxyl groups excluding tert-OH is 1. The van der Waals surface area contributed by atoms with Gasteiger partial charge in [0.05, 0.1) is 35.3 Å². The lowest BCUT2D eigenvalue weighted by molar-refractivity contribution is -0.387. The van der Waals surface area contributed by atoms with E-state index in [-0.39, 0.29) is 6.04 Å². The second-order valence-corrected chi connectivity index (χ2v) is 6.01. The second-order valence-electron chi connectivity index (χ2n) is 6.01. The molecule has 7 heteroatoms. The molecule has 0 spiro atoms. The average Bonchev–Trinajstić information content (AvgIpc) is 3.17. The van der Waals surface area contributed by atoms with E-state index in [0.717, 1.165) is 29.0 Å². The molecule has 0 fully saturated rings. The van der Waals surface area contributed by atoms with E-state index in [1.807, 2.05) is 28.8 Å². The molecule has 0 bridgehead atoms. The van der Waals surface area contributed by atoms with Crippen molar-refractivity contribution in [2.75, 3.05) is 0 Å². The van der Waals surface area contributed by atoms with Gasteiger partial charge in [-0.15, -0.1) is 0 Å². The molecule has 4 rings (SSSR count). The predicted octanol–water partition coefficient (Wildman–Crippen LogP) is 3.62. The maximum Gasteiger partial charge on any atom is 0.304 e. The first kappa shape index (κ1) is 15.5. The van der Waals surface area contributed by atoms with Crippen LogP contribution < -0.4 is 0 Å². The molecule has 6 nitrogen and oxygen atoms in total. The topological polar surface area (TPSA) is 81.2 Å². The number of halogens is 1. The SMILES string of the molecule is O=[N+]([O-])c1ccc(C(O)CC2c3ccccc3-c3cncn32)cc1F. The zero-order valence-electron chi connectivity index (χ0n) is 13.0. The van der Waals surface area contributed by atoms with Crippen LogP contribution >= 0.6 is 0 Å². The lowest BCUT2D eigenvalue weighted by Crippen LogP contribution is -2.11. The Labute approximate surface area is 142 Å². The quantitative estimate of drug-likeness (QED) is 0.581. The van der Waals surface area contributed by atoms with Crippen molar-refractivity contribution in [3.8, 4) is 11.3 Å². The fourth-order valence-corrected chi connectivity index (χ4v) is 3.40. The number of imidazole rings is 1. The summed E-state index contributed by atoms with van der Waals surface area (Å²) in [6.07, 6.45) is 2.85. The van der Waals surface area contributed by atoms with Crippen molar-refractivity contribution in [3.63, 3.8) is 0 Å². The van der Waals surface area contributed by atoms with E-state index in [1.165, 1.54) is 6.07 Å². The van der Waals surface area contributed by atoms with Crippen molar-refractivity contribution in [3.05, 3.63) is 82.0 Å². The van der Waals surface area contributed by atoms with Crippen molar-refractivity contribution < 1.29 is 14.4 Å². The summed E-state index contributed by atoms with van der Waals surface area (Å²) in [4.78, 5) is 14.1. The van der Waals surface area contributed by atoms with Gasteiger partial charge in [0.1, 0.15) is 0 Å². The smallest absolute Gasteiger partial charge is 0.304 e. The summed E-state index contributed by atoms with van der Waals surface area (Å²) in [6.45, 7) is 0. The molecular weight excluding hydrogens is 325 g/mol. The lowest BCUT2D eigenvalue weighted by Gasteiger charge is -2.19. The van der Waals surface area contributed by atoms with Crippen molar-refractivity contribution >= 4 is 5.69 Å². The van der Waals surface area contributed by atoms with Crippen LogP contribution in [0.25, 0.3) is 11.3 Å². The number of aromatic nitrogens is 2. The average molecular weight is 339 g/mol. The Balaban J connectivity index is 1.65. The minimum absolute atomic E-state index is 0.123. The predicted molar refractivity (Wildman–Crippen MR) is 88.4 cm³/mol. The molecule has 0 aliphatic carbocycles. The molecule has 2 atom stereocenters. The van der Waals surface area contributed by atoms with Crippen molar-refractivity contribution in [2.24, 2.45) is 0 Å². The first-order chi connectivity index (χ1) is 12.1. The Hall–Kier alpha value is -3.06. The number of rotatable bonds is 4. The molecule has 1 aliphatic heterocycles. The van der Waals surface area contributed by atoms with Gasteiger partial charge in [-0.1, -0.05) is 24.3 Å². The monoisotopic (exact) mass is 339 g/mol. The molecule has 0 amide bonds. The minimum atomic E-state index is -0.957. The fourth-order valence-electron chi connectivity index (χ4n) is 3.40. The number of nitrogens with zero attached hydrogens (tertiary/aromatic N) is 3. The van der Waals surface area contributed by atoms with E-state index in [2.05, 4.69) is 4.98 Å². The molecule has 3 aromatic rings. The molecule has 2 aromatic carbocycles. The zero-order valence-corrected chi connectivity index (χ0v) is 13.0. The van der Waals surface area contributed by atoms with Crippen molar-refractivity contribution in [1.29, 1.82) is 0 Å². The second kappa shape index (κ2) is 5.78. The van der Waals surface area contributed by atoms with Gasteiger partial charge in [-0.3, -0.25) is 10.1 Å². The van der Waals surface area contributed by atoms with Gasteiger partial charge in [0, 0.05) is 18.1 Å². The van der Waals surface area contributed by atoms with Crippen LogP contribution in [0.1, 0.15) is 29.7 Å². The number of benzene rings is 2. The van der Waals surface area contributed by atoms with Gasteiger partial charge in [0.15, 0.2) is 0 Å². The summed E-state index contributed by atoms with van der Waals surface area (Å²) < 4.78 is 15.8. The van der Waals surface area contributed by atoms with E-state index in [1.54, 1.807) is 12.5 Å². The van der Waals surface area contributed by atoms with Crippen molar-refractivity contribution in [2.45, 2.75) is 18.6 Å². The summed E-state index contributed by atoms with van der Waals surface area (Å²) in [5.41, 5.74) is 2.82. The molecule has 0 saturated heterocycles. The van der Waals surface area contributed by atoms with Gasteiger partial charge in [0.2, 0.25) is 5.82 Å². The Kier molecular flexibility index (Phi) is 3.58. The standard InChI is InChI=1S/C18H14FN3O3/c19-14-7-11(5-6-15(14)22(24)25)18(23)8-16-12-3-1-2-4-13(12)17-9-20-10-21(16)17/h1-7,9-10,16,18,23H,8H2. The first-order valence-corrected chi connectivity index (χ1v) is 7.79. The first-order valence-electron chi connectivity index (χ1n) is 7.79. The van der Waals surface area contributed by atoms with E-state index in [9.17, 15) is 19.6 Å².